The van der Waals surface area contributed by atoms with Crippen LogP contribution in [0.4, 0.5) is 5.69 Å². The molecule has 0 atom stereocenters. The third-order valence-electron chi connectivity index (χ3n) is 4.32. The number of hydrogen-bond donors (Lipinski definition) is 1. The van der Waals surface area contributed by atoms with E-state index in [9.17, 15) is 9.59 Å². The summed E-state index contributed by atoms with van der Waals surface area (Å²) in [5.74, 6) is -0.0521. The van der Waals surface area contributed by atoms with Gasteiger partial charge in [-0.2, -0.15) is 0 Å². The number of aromatic nitrogens is 2. The molecule has 4 aromatic rings. The monoisotopic (exact) mass is 453 g/mol. The van der Waals surface area contributed by atoms with E-state index in [0.29, 0.717) is 21.5 Å². The highest BCUT2D eigenvalue weighted by atomic mass is 32.1. The lowest BCUT2D eigenvalue weighted by molar-refractivity contribution is -0.115. The molecule has 0 radical (unpaired) electrons. The van der Waals surface area contributed by atoms with Crippen LogP contribution in [0.3, 0.4) is 0 Å². The van der Waals surface area contributed by atoms with E-state index in [1.807, 2.05) is 38.1 Å². The summed E-state index contributed by atoms with van der Waals surface area (Å²) in [7, 11) is 0. The summed E-state index contributed by atoms with van der Waals surface area (Å²) in [6, 6.07) is 11.2. The molecule has 0 aliphatic heterocycles. The molecule has 0 spiro atoms. The third kappa shape index (κ3) is 5.25. The van der Waals surface area contributed by atoms with Gasteiger partial charge in [0.25, 0.3) is 0 Å². The van der Waals surface area contributed by atoms with E-state index in [1.54, 1.807) is 23.8 Å². The van der Waals surface area contributed by atoms with Crippen molar-refractivity contribution in [2.75, 3.05) is 5.32 Å². The van der Waals surface area contributed by atoms with Gasteiger partial charge < -0.3 is 14.5 Å². The number of amides is 1. The Labute approximate surface area is 186 Å². The average molecular weight is 454 g/mol. The van der Waals surface area contributed by atoms with Crippen molar-refractivity contribution < 1.29 is 18.7 Å². The van der Waals surface area contributed by atoms with Crippen LogP contribution in [0.25, 0.3) is 10.8 Å². The molecule has 0 fully saturated rings. The first kappa shape index (κ1) is 21.0. The molecular weight excluding hydrogens is 434 g/mol. The van der Waals surface area contributed by atoms with Gasteiger partial charge >= 0.3 is 5.97 Å². The van der Waals surface area contributed by atoms with Crippen LogP contribution in [0.5, 0.6) is 0 Å². The van der Waals surface area contributed by atoms with Crippen molar-refractivity contribution >= 4 is 40.2 Å². The predicted molar refractivity (Wildman–Crippen MR) is 119 cm³/mol. The van der Waals surface area contributed by atoms with Gasteiger partial charge in [-0.05, 0) is 38.1 Å². The van der Waals surface area contributed by atoms with Gasteiger partial charge in [-0.3, -0.25) is 4.79 Å². The fraction of sp³-hybridized carbons (Fsp3) is 0.182. The number of benzene rings is 1. The quantitative estimate of drug-likeness (QED) is 0.395. The first-order chi connectivity index (χ1) is 15.0. The lowest BCUT2D eigenvalue weighted by atomic mass is 10.2. The molecule has 1 N–H and O–H groups in total. The summed E-state index contributed by atoms with van der Waals surface area (Å²) in [4.78, 5) is 34.1. The Morgan fingerprint density at radius 3 is 2.68 bits per heavy atom. The summed E-state index contributed by atoms with van der Waals surface area (Å²) in [6.07, 6.45) is 1.72. The zero-order valence-electron chi connectivity index (χ0n) is 16.9. The number of aryl methyl sites for hydroxylation is 2. The molecule has 3 heterocycles. The number of carbonyl (C=O) groups excluding carboxylic acids is 2. The fourth-order valence-electron chi connectivity index (χ4n) is 2.78. The maximum Gasteiger partial charge on any atom is 0.358 e. The topological polar surface area (TPSA) is 94.3 Å². The van der Waals surface area contributed by atoms with Gasteiger partial charge in [-0.15, -0.1) is 22.7 Å². The first-order valence-corrected chi connectivity index (χ1v) is 11.2. The number of hydrogen-bond acceptors (Lipinski definition) is 8. The molecule has 0 bridgehead atoms. The van der Waals surface area contributed by atoms with E-state index in [4.69, 9.17) is 9.15 Å². The smallest absolute Gasteiger partial charge is 0.358 e. The maximum absolute atomic E-state index is 12.4. The molecule has 0 saturated heterocycles. The average Bonchev–Trinajstić information content (AvgIpc) is 3.49. The summed E-state index contributed by atoms with van der Waals surface area (Å²) in [6.45, 7) is 3.82. The Hall–Kier alpha value is -3.30. The predicted octanol–water partition coefficient (Wildman–Crippen LogP) is 5.01. The highest BCUT2D eigenvalue weighted by molar-refractivity contribution is 7.15. The third-order valence-corrected chi connectivity index (χ3v) is 6.20. The van der Waals surface area contributed by atoms with Crippen LogP contribution < -0.4 is 5.32 Å². The van der Waals surface area contributed by atoms with Gasteiger partial charge in [-0.25, -0.2) is 14.8 Å². The lowest BCUT2D eigenvalue weighted by Gasteiger charge is -2.04. The zero-order valence-corrected chi connectivity index (χ0v) is 18.5. The Morgan fingerprint density at radius 1 is 1.13 bits per heavy atom. The Kier molecular flexibility index (Phi) is 6.24. The van der Waals surface area contributed by atoms with Crippen molar-refractivity contribution in [2.24, 2.45) is 0 Å². The van der Waals surface area contributed by atoms with Crippen LogP contribution in [-0.2, 0) is 22.6 Å². The van der Waals surface area contributed by atoms with Crippen molar-refractivity contribution in [3.05, 3.63) is 74.9 Å². The highest BCUT2D eigenvalue weighted by Gasteiger charge is 2.19. The van der Waals surface area contributed by atoms with Crippen LogP contribution in [0.15, 0.2) is 52.5 Å². The summed E-state index contributed by atoms with van der Waals surface area (Å²) in [5.41, 5.74) is 2.73. The minimum Gasteiger partial charge on any atom is -0.462 e. The molecule has 31 heavy (non-hydrogen) atoms. The first-order valence-electron chi connectivity index (χ1n) is 9.46. The van der Waals surface area contributed by atoms with Crippen molar-refractivity contribution in [3.63, 3.8) is 0 Å². The van der Waals surface area contributed by atoms with Crippen molar-refractivity contribution in [3.8, 4) is 10.8 Å². The molecule has 158 valence electrons. The minimum atomic E-state index is -0.516. The number of nitrogens with zero attached hydrogens (tertiary/aromatic N) is 2. The van der Waals surface area contributed by atoms with Crippen molar-refractivity contribution in [2.45, 2.75) is 26.9 Å². The SMILES string of the molecule is Cc1ccc(NC(=O)Cc2nc(COC(=O)c3nc(-c4ccco4)sc3C)cs2)cc1. The summed E-state index contributed by atoms with van der Waals surface area (Å²) in [5, 5.41) is 5.91. The Balaban J connectivity index is 1.31. The number of ether oxygens (including phenoxy) is 1. The van der Waals surface area contributed by atoms with Gasteiger partial charge in [0.05, 0.1) is 18.4 Å². The normalized spacial score (nSPS) is 10.8. The Morgan fingerprint density at radius 2 is 1.94 bits per heavy atom. The van der Waals surface area contributed by atoms with Crippen LogP contribution in [0, 0.1) is 13.8 Å². The van der Waals surface area contributed by atoms with Crippen molar-refractivity contribution in [1.29, 1.82) is 0 Å². The molecule has 0 unspecified atom stereocenters. The van der Waals surface area contributed by atoms with Crippen LogP contribution in [0.1, 0.15) is 31.6 Å². The summed E-state index contributed by atoms with van der Waals surface area (Å²) < 4.78 is 10.7. The van der Waals surface area contributed by atoms with E-state index in [-0.39, 0.29) is 24.6 Å². The second kappa shape index (κ2) is 9.23. The van der Waals surface area contributed by atoms with Crippen LogP contribution in [0.2, 0.25) is 0 Å². The van der Waals surface area contributed by atoms with Crippen LogP contribution in [-0.4, -0.2) is 21.8 Å². The standard InChI is InChI=1S/C22H19N3O4S2/c1-13-5-7-15(8-6-13)23-18(26)10-19-24-16(12-30-19)11-29-22(27)20-14(2)31-21(25-20)17-4-3-9-28-17/h3-9,12H,10-11H2,1-2H3,(H,23,26). The van der Waals surface area contributed by atoms with Gasteiger partial charge in [0, 0.05) is 15.9 Å². The minimum absolute atomic E-state index is 0.0158. The molecule has 0 aliphatic rings. The molecule has 9 heteroatoms. The fourth-order valence-corrected chi connectivity index (χ4v) is 4.42. The Bertz CT molecular complexity index is 1190. The molecular formula is C22H19N3O4S2. The maximum atomic E-state index is 12.4. The molecule has 3 aromatic heterocycles. The lowest BCUT2D eigenvalue weighted by Crippen LogP contribution is -2.14. The largest absolute Gasteiger partial charge is 0.462 e. The van der Waals surface area contributed by atoms with Crippen LogP contribution >= 0.6 is 22.7 Å². The molecule has 0 saturated carbocycles. The van der Waals surface area contributed by atoms with Gasteiger partial charge in [0.1, 0.15) is 11.6 Å². The van der Waals surface area contributed by atoms with Gasteiger partial charge in [-0.1, -0.05) is 17.7 Å². The van der Waals surface area contributed by atoms with Gasteiger partial charge in [0.15, 0.2) is 16.5 Å². The van der Waals surface area contributed by atoms with E-state index in [2.05, 4.69) is 15.3 Å². The second-order valence-electron chi connectivity index (χ2n) is 6.80. The number of furan rings is 1. The molecule has 1 amide bonds. The summed E-state index contributed by atoms with van der Waals surface area (Å²) >= 11 is 2.73. The number of rotatable bonds is 7. The number of carbonyl (C=O) groups is 2. The number of nitrogens with one attached hydrogen (secondary N) is 1. The number of thiazole rings is 2. The molecule has 4 rings (SSSR count). The molecule has 1 aromatic carbocycles. The molecule has 0 aliphatic carbocycles. The second-order valence-corrected chi connectivity index (χ2v) is 8.95. The van der Waals surface area contributed by atoms with Gasteiger partial charge in [0.2, 0.25) is 5.91 Å². The van der Waals surface area contributed by atoms with Crippen molar-refractivity contribution in [1.82, 2.24) is 9.97 Å². The zero-order chi connectivity index (χ0) is 21.8. The highest BCUT2D eigenvalue weighted by Crippen LogP contribution is 2.28. The van der Waals surface area contributed by atoms with E-state index in [0.717, 1.165) is 16.1 Å². The van der Waals surface area contributed by atoms with E-state index >= 15 is 0 Å². The number of anilines is 1. The number of esters is 1. The van der Waals surface area contributed by atoms with E-state index in [1.165, 1.54) is 22.7 Å². The van der Waals surface area contributed by atoms with E-state index < -0.39 is 5.97 Å². The molecule has 7 nitrogen and oxygen atoms in total.